The number of anilines is 1. The van der Waals surface area contributed by atoms with Crippen LogP contribution < -0.4 is 5.32 Å². The average molecular weight is 664 g/mol. The second-order valence-electron chi connectivity index (χ2n) is 10.8. The molecule has 0 fully saturated rings. The third-order valence-electron chi connectivity index (χ3n) is 6.81. The van der Waals surface area contributed by atoms with Gasteiger partial charge < -0.3 is 14.8 Å². The molecule has 208 valence electrons. The Hall–Kier alpha value is -4.20. The molecule has 0 saturated carbocycles. The lowest BCUT2D eigenvalue weighted by atomic mass is 9.94. The van der Waals surface area contributed by atoms with Crippen molar-refractivity contribution in [1.82, 2.24) is 34.0 Å². The summed E-state index contributed by atoms with van der Waals surface area (Å²) in [5, 5.41) is 7.52. The first-order valence-corrected chi connectivity index (χ1v) is 14.1. The lowest BCUT2D eigenvalue weighted by molar-refractivity contribution is -0.141. The summed E-state index contributed by atoms with van der Waals surface area (Å²) < 4.78 is 18.3. The Morgan fingerprint density at radius 3 is 2.54 bits per heavy atom. The van der Waals surface area contributed by atoms with Crippen LogP contribution in [0.25, 0.3) is 28.3 Å². The third-order valence-corrected chi connectivity index (χ3v) is 7.53. The number of rotatable bonds is 4. The summed E-state index contributed by atoms with van der Waals surface area (Å²) in [7, 11) is 0. The number of fused-ring (bicyclic) bond motifs is 2. The Morgan fingerprint density at radius 1 is 1.02 bits per heavy atom. The van der Waals surface area contributed by atoms with Crippen LogP contribution in [0, 0.1) is 14.9 Å². The van der Waals surface area contributed by atoms with Gasteiger partial charge in [0, 0.05) is 45.5 Å². The zero-order chi connectivity index (χ0) is 28.9. The number of carbonyl (C=O) groups excluding carboxylic acids is 2. The van der Waals surface area contributed by atoms with Crippen LogP contribution in [0.15, 0.2) is 60.9 Å². The minimum Gasteiger partial charge on any atom is -0.333 e. The van der Waals surface area contributed by atoms with Gasteiger partial charge >= 0.3 is 0 Å². The summed E-state index contributed by atoms with van der Waals surface area (Å²) >= 11 is 2.27. The highest BCUT2D eigenvalue weighted by Gasteiger charge is 2.32. The molecule has 0 unspecified atom stereocenters. The van der Waals surface area contributed by atoms with E-state index in [4.69, 9.17) is 10.1 Å². The molecule has 1 aliphatic rings. The highest BCUT2D eigenvalue weighted by molar-refractivity contribution is 14.1. The summed E-state index contributed by atoms with van der Waals surface area (Å²) in [6.07, 6.45) is 2.84. The SMILES string of the molecule is CC(C)(C)C(=O)N1CCn2c(nc(-c3ccc(I)cc3)c2-c2ccc3nc(NC(=O)c4ccnc(F)c4)cn3n2)C1. The Morgan fingerprint density at radius 2 is 1.80 bits per heavy atom. The first-order chi connectivity index (χ1) is 19.6. The number of carbonyl (C=O) groups is 2. The van der Waals surface area contributed by atoms with Gasteiger partial charge in [-0.1, -0.05) is 32.9 Å². The van der Waals surface area contributed by atoms with Crippen molar-refractivity contribution in [1.29, 1.82) is 0 Å². The molecular formula is C29H26FIN8O2. The molecule has 41 heavy (non-hydrogen) atoms. The molecule has 4 aromatic heterocycles. The van der Waals surface area contributed by atoms with E-state index >= 15 is 0 Å². The predicted octanol–water partition coefficient (Wildman–Crippen LogP) is 5.04. The normalized spacial score (nSPS) is 13.3. The van der Waals surface area contributed by atoms with Crippen molar-refractivity contribution < 1.29 is 14.0 Å². The van der Waals surface area contributed by atoms with Crippen LogP contribution in [0.4, 0.5) is 10.2 Å². The molecule has 12 heteroatoms. The van der Waals surface area contributed by atoms with Crippen LogP contribution in [0.5, 0.6) is 0 Å². The Labute approximate surface area is 248 Å². The number of amides is 2. The molecule has 10 nitrogen and oxygen atoms in total. The first-order valence-electron chi connectivity index (χ1n) is 13.0. The number of halogens is 2. The number of hydrogen-bond donors (Lipinski definition) is 1. The van der Waals surface area contributed by atoms with Gasteiger partial charge in [-0.15, -0.1) is 0 Å². The van der Waals surface area contributed by atoms with Gasteiger partial charge in [-0.3, -0.25) is 9.59 Å². The number of nitrogens with zero attached hydrogens (tertiary/aromatic N) is 7. The average Bonchev–Trinajstić information content (AvgIpc) is 3.52. The van der Waals surface area contributed by atoms with Crippen molar-refractivity contribution in [2.24, 2.45) is 5.41 Å². The number of aromatic nitrogens is 6. The molecule has 5 aromatic rings. The summed E-state index contributed by atoms with van der Waals surface area (Å²) in [6.45, 7) is 7.33. The fraction of sp³-hybridized carbons (Fsp3) is 0.241. The fourth-order valence-corrected chi connectivity index (χ4v) is 5.21. The molecule has 0 aliphatic carbocycles. The van der Waals surface area contributed by atoms with Gasteiger partial charge in [0.2, 0.25) is 11.9 Å². The molecule has 0 spiro atoms. The van der Waals surface area contributed by atoms with Gasteiger partial charge in [0.25, 0.3) is 5.91 Å². The van der Waals surface area contributed by atoms with Crippen molar-refractivity contribution in [2.75, 3.05) is 11.9 Å². The van der Waals surface area contributed by atoms with E-state index in [9.17, 15) is 14.0 Å². The summed E-state index contributed by atoms with van der Waals surface area (Å²) in [5.74, 6) is -0.0805. The third kappa shape index (κ3) is 5.31. The number of nitrogens with one attached hydrogen (secondary N) is 1. The van der Waals surface area contributed by atoms with Gasteiger partial charge in [0.1, 0.15) is 11.5 Å². The van der Waals surface area contributed by atoms with E-state index in [0.29, 0.717) is 31.0 Å². The lowest BCUT2D eigenvalue weighted by Crippen LogP contribution is -2.44. The number of pyridine rings is 1. The van der Waals surface area contributed by atoms with Crippen LogP contribution in [-0.4, -0.2) is 52.4 Å². The minimum atomic E-state index is -0.738. The van der Waals surface area contributed by atoms with Crippen molar-refractivity contribution in [2.45, 2.75) is 33.9 Å². The van der Waals surface area contributed by atoms with Crippen LogP contribution in [0.1, 0.15) is 37.0 Å². The van der Waals surface area contributed by atoms with E-state index in [2.05, 4.69) is 42.4 Å². The monoisotopic (exact) mass is 664 g/mol. The van der Waals surface area contributed by atoms with E-state index in [0.717, 1.165) is 32.4 Å². The maximum absolute atomic E-state index is 13.5. The van der Waals surface area contributed by atoms with Crippen LogP contribution in [-0.2, 0) is 17.9 Å². The van der Waals surface area contributed by atoms with Gasteiger partial charge in [-0.05, 0) is 52.9 Å². The summed E-state index contributed by atoms with van der Waals surface area (Å²) in [5.41, 5.74) is 3.42. The van der Waals surface area contributed by atoms with Crippen LogP contribution in [0.3, 0.4) is 0 Å². The second kappa shape index (κ2) is 10.3. The van der Waals surface area contributed by atoms with Gasteiger partial charge in [-0.25, -0.2) is 19.5 Å². The van der Waals surface area contributed by atoms with Crippen molar-refractivity contribution in [3.05, 3.63) is 81.8 Å². The Bertz CT molecular complexity index is 1810. The molecule has 0 atom stereocenters. The first kappa shape index (κ1) is 27.0. The number of imidazole rings is 2. The largest absolute Gasteiger partial charge is 0.333 e. The van der Waals surface area contributed by atoms with E-state index in [-0.39, 0.29) is 17.3 Å². The van der Waals surface area contributed by atoms with Gasteiger partial charge in [0.15, 0.2) is 11.5 Å². The van der Waals surface area contributed by atoms with Gasteiger partial charge in [0.05, 0.1) is 24.1 Å². The number of hydrogen-bond acceptors (Lipinski definition) is 6. The molecule has 1 N–H and O–H groups in total. The molecule has 1 aliphatic heterocycles. The quantitative estimate of drug-likeness (QED) is 0.213. The molecular weight excluding hydrogens is 638 g/mol. The Kier molecular flexibility index (Phi) is 6.80. The zero-order valence-electron chi connectivity index (χ0n) is 22.6. The van der Waals surface area contributed by atoms with Crippen molar-refractivity contribution in [3.63, 3.8) is 0 Å². The van der Waals surface area contributed by atoms with Crippen molar-refractivity contribution in [3.8, 4) is 22.6 Å². The molecule has 1 aromatic carbocycles. The highest BCUT2D eigenvalue weighted by Crippen LogP contribution is 2.35. The van der Waals surface area contributed by atoms with E-state index < -0.39 is 17.3 Å². The topological polar surface area (TPSA) is 110 Å². The van der Waals surface area contributed by atoms with E-state index in [1.165, 1.54) is 12.3 Å². The number of benzene rings is 1. The smallest absolute Gasteiger partial charge is 0.257 e. The van der Waals surface area contributed by atoms with Crippen LogP contribution in [0.2, 0.25) is 0 Å². The summed E-state index contributed by atoms with van der Waals surface area (Å²) in [6, 6.07) is 14.3. The molecule has 2 amide bonds. The Balaban J connectivity index is 1.38. The molecule has 0 bridgehead atoms. The maximum atomic E-state index is 13.5. The zero-order valence-corrected chi connectivity index (χ0v) is 24.8. The fourth-order valence-electron chi connectivity index (χ4n) is 4.85. The summed E-state index contributed by atoms with van der Waals surface area (Å²) in [4.78, 5) is 40.5. The highest BCUT2D eigenvalue weighted by atomic mass is 127. The predicted molar refractivity (Wildman–Crippen MR) is 159 cm³/mol. The van der Waals surface area contributed by atoms with Crippen LogP contribution >= 0.6 is 22.6 Å². The van der Waals surface area contributed by atoms with E-state index in [1.807, 2.05) is 62.1 Å². The van der Waals surface area contributed by atoms with Gasteiger partial charge in [-0.2, -0.15) is 9.49 Å². The molecule has 0 saturated heterocycles. The minimum absolute atomic E-state index is 0.0890. The maximum Gasteiger partial charge on any atom is 0.257 e. The van der Waals surface area contributed by atoms with Crippen molar-refractivity contribution >= 4 is 45.9 Å². The van der Waals surface area contributed by atoms with E-state index in [1.54, 1.807) is 10.7 Å². The molecule has 0 radical (unpaired) electrons. The standard InChI is InChI=1S/C29H26FIN8O2/c1-29(2,3)28(41)37-12-13-38-24(16-37)35-25(17-4-6-19(31)7-5-17)26(38)20-8-9-23-33-22(15-39(23)36-20)34-27(40)18-10-11-32-21(30)14-18/h4-11,14-15H,12-13,16H2,1-3H3,(H,34,40). The molecule has 6 rings (SSSR count). The lowest BCUT2D eigenvalue weighted by Gasteiger charge is -2.33. The second-order valence-corrected chi connectivity index (χ2v) is 12.1. The molecule has 5 heterocycles.